The molecule has 0 aliphatic rings. The summed E-state index contributed by atoms with van der Waals surface area (Å²) in [6, 6.07) is 32.2. The molecule has 0 radical (unpaired) electrons. The van der Waals surface area contributed by atoms with Crippen LogP contribution in [0.4, 0.5) is 9.59 Å². The van der Waals surface area contributed by atoms with Crippen LogP contribution >= 0.6 is 0 Å². The molecule has 0 atom stereocenters. The molecule has 6 heteroatoms. The maximum absolute atomic E-state index is 12.4. The highest BCUT2D eigenvalue weighted by molar-refractivity contribution is 5.67. The van der Waals surface area contributed by atoms with Crippen molar-refractivity contribution in [2.75, 3.05) is 7.11 Å². The molecule has 0 saturated carbocycles. The molecule has 0 unspecified atom stereocenters. The Bertz CT molecular complexity index is 1400. The van der Waals surface area contributed by atoms with Crippen molar-refractivity contribution in [2.45, 2.75) is 38.5 Å². The van der Waals surface area contributed by atoms with E-state index >= 15 is 0 Å². The fourth-order valence-electron chi connectivity index (χ4n) is 4.36. The van der Waals surface area contributed by atoms with Crippen molar-refractivity contribution in [3.05, 3.63) is 125 Å². The van der Waals surface area contributed by atoms with Gasteiger partial charge in [0.25, 0.3) is 0 Å². The Kier molecular flexibility index (Phi) is 8.05. The summed E-state index contributed by atoms with van der Waals surface area (Å²) in [5.41, 5.74) is 3.81. The monoisotopic (exact) mass is 524 g/mol. The van der Waals surface area contributed by atoms with Gasteiger partial charge in [-0.15, -0.1) is 0 Å². The molecule has 4 aromatic rings. The molecule has 39 heavy (non-hydrogen) atoms. The number of carbonyl (C=O) groups is 2. The summed E-state index contributed by atoms with van der Waals surface area (Å²) >= 11 is 0. The molecule has 4 aromatic carbocycles. The Hall–Kier alpha value is -4.58. The molecule has 0 aromatic heterocycles. The zero-order valence-corrected chi connectivity index (χ0v) is 22.8. The van der Waals surface area contributed by atoms with Gasteiger partial charge in [0, 0.05) is 10.8 Å². The first-order valence-corrected chi connectivity index (χ1v) is 12.6. The summed E-state index contributed by atoms with van der Waals surface area (Å²) in [7, 11) is 1.26. The van der Waals surface area contributed by atoms with Crippen LogP contribution in [-0.2, 0) is 15.6 Å². The lowest BCUT2D eigenvalue weighted by atomic mass is 9.78. The smallest absolute Gasteiger partial charge is 0.437 e. The number of hydrogen-bond acceptors (Lipinski definition) is 6. The highest BCUT2D eigenvalue weighted by Gasteiger charge is 2.24. The fourth-order valence-corrected chi connectivity index (χ4v) is 4.36. The van der Waals surface area contributed by atoms with E-state index < -0.39 is 12.3 Å². The van der Waals surface area contributed by atoms with E-state index in [4.69, 9.17) is 14.2 Å². The van der Waals surface area contributed by atoms with Gasteiger partial charge in [0.05, 0.1) is 7.11 Å². The Labute approximate surface area is 229 Å². The summed E-state index contributed by atoms with van der Waals surface area (Å²) in [5, 5.41) is 0. The quantitative estimate of drug-likeness (QED) is 0.180. The van der Waals surface area contributed by atoms with Crippen molar-refractivity contribution in [1.82, 2.24) is 0 Å². The molecule has 0 fully saturated rings. The zero-order valence-electron chi connectivity index (χ0n) is 22.8. The average molecular weight is 525 g/mol. The van der Waals surface area contributed by atoms with Crippen LogP contribution in [0.5, 0.6) is 17.2 Å². The van der Waals surface area contributed by atoms with Gasteiger partial charge in [-0.25, -0.2) is 9.59 Å². The summed E-state index contributed by atoms with van der Waals surface area (Å²) in [5.74, 6) is 1.19. The predicted octanol–water partition coefficient (Wildman–Crippen LogP) is 8.06. The second-order valence-corrected chi connectivity index (χ2v) is 10.2. The normalized spacial score (nSPS) is 11.4. The second kappa shape index (κ2) is 11.4. The maximum Gasteiger partial charge on any atom is 0.519 e. The standard InChI is InChI=1S/C33H32O6/c1-32(2,23-9-7-6-8-10-23)24-13-19-28(20-14-24)38-31(35)39-29-21-15-26(16-22-29)33(3,4)25-11-17-27(18-12-25)37-30(34)36-5/h6-22H,1-5H3. The van der Waals surface area contributed by atoms with Gasteiger partial charge in [0.1, 0.15) is 17.2 Å². The van der Waals surface area contributed by atoms with Crippen LogP contribution in [0.25, 0.3) is 0 Å². The number of benzene rings is 4. The molecule has 0 aliphatic heterocycles. The minimum Gasteiger partial charge on any atom is -0.437 e. The summed E-state index contributed by atoms with van der Waals surface area (Å²) in [4.78, 5) is 23.7. The van der Waals surface area contributed by atoms with E-state index in [0.717, 1.165) is 16.7 Å². The predicted molar refractivity (Wildman–Crippen MR) is 150 cm³/mol. The van der Waals surface area contributed by atoms with Gasteiger partial charge < -0.3 is 18.9 Å². The van der Waals surface area contributed by atoms with E-state index in [0.29, 0.717) is 17.2 Å². The summed E-state index contributed by atoms with van der Waals surface area (Å²) in [6.45, 7) is 8.48. The number of carbonyl (C=O) groups excluding carboxylic acids is 2. The first-order chi connectivity index (χ1) is 18.6. The number of methoxy groups -OCH3 is 1. The lowest BCUT2D eigenvalue weighted by Crippen LogP contribution is -2.19. The van der Waals surface area contributed by atoms with Gasteiger partial charge in [-0.05, 0) is 58.7 Å². The molecule has 0 aliphatic carbocycles. The van der Waals surface area contributed by atoms with Gasteiger partial charge in [-0.2, -0.15) is 0 Å². The summed E-state index contributed by atoms with van der Waals surface area (Å²) < 4.78 is 20.4. The van der Waals surface area contributed by atoms with Crippen molar-refractivity contribution >= 4 is 12.3 Å². The molecule has 0 amide bonds. The minimum absolute atomic E-state index is 0.186. The van der Waals surface area contributed by atoms with E-state index in [2.05, 4.69) is 44.6 Å². The zero-order chi connectivity index (χ0) is 28.0. The van der Waals surface area contributed by atoms with Gasteiger partial charge >= 0.3 is 12.3 Å². The first-order valence-electron chi connectivity index (χ1n) is 12.6. The molecule has 0 spiro atoms. The topological polar surface area (TPSA) is 71.1 Å². The van der Waals surface area contributed by atoms with Crippen LogP contribution in [0.1, 0.15) is 49.9 Å². The molecule has 0 saturated heterocycles. The summed E-state index contributed by atoms with van der Waals surface area (Å²) in [6.07, 6.45) is -1.57. The first kappa shape index (κ1) is 27.5. The molecule has 4 rings (SSSR count). The van der Waals surface area contributed by atoms with Crippen LogP contribution in [-0.4, -0.2) is 19.4 Å². The molecule has 0 bridgehead atoms. The van der Waals surface area contributed by atoms with Crippen LogP contribution in [0.2, 0.25) is 0 Å². The lowest BCUT2D eigenvalue weighted by Gasteiger charge is -2.26. The van der Waals surface area contributed by atoms with Crippen molar-refractivity contribution in [2.24, 2.45) is 0 Å². The third kappa shape index (κ3) is 6.47. The molecular formula is C33H32O6. The van der Waals surface area contributed by atoms with Crippen molar-refractivity contribution in [3.8, 4) is 17.2 Å². The lowest BCUT2D eigenvalue weighted by molar-refractivity contribution is 0.121. The van der Waals surface area contributed by atoms with E-state index in [1.807, 2.05) is 54.6 Å². The van der Waals surface area contributed by atoms with Crippen LogP contribution < -0.4 is 14.2 Å². The molecule has 6 nitrogen and oxygen atoms in total. The van der Waals surface area contributed by atoms with Gasteiger partial charge in [-0.1, -0.05) is 94.4 Å². The van der Waals surface area contributed by atoms with Gasteiger partial charge in [-0.3, -0.25) is 0 Å². The van der Waals surface area contributed by atoms with E-state index in [1.54, 1.807) is 36.4 Å². The average Bonchev–Trinajstić information content (AvgIpc) is 2.94. The van der Waals surface area contributed by atoms with Crippen molar-refractivity contribution in [3.63, 3.8) is 0 Å². The number of ether oxygens (including phenoxy) is 4. The maximum atomic E-state index is 12.4. The SMILES string of the molecule is COC(=O)Oc1ccc(C(C)(C)c2ccc(OC(=O)Oc3ccc(C(C)(C)c4ccccc4)cc3)cc2)cc1. The third-order valence-electron chi connectivity index (χ3n) is 6.99. The number of hydrogen-bond donors (Lipinski definition) is 0. The largest absolute Gasteiger partial charge is 0.519 e. The second-order valence-electron chi connectivity index (χ2n) is 10.2. The Morgan fingerprint density at radius 2 is 0.769 bits per heavy atom. The Morgan fingerprint density at radius 1 is 0.462 bits per heavy atom. The van der Waals surface area contributed by atoms with E-state index in [-0.39, 0.29) is 10.8 Å². The van der Waals surface area contributed by atoms with Crippen LogP contribution in [0.3, 0.4) is 0 Å². The molecular weight excluding hydrogens is 492 g/mol. The third-order valence-corrected chi connectivity index (χ3v) is 6.99. The molecule has 200 valence electrons. The molecule has 0 heterocycles. The van der Waals surface area contributed by atoms with Crippen LogP contribution in [0.15, 0.2) is 103 Å². The number of rotatable bonds is 7. The van der Waals surface area contributed by atoms with E-state index in [1.165, 1.54) is 12.7 Å². The Balaban J connectivity index is 1.37. The van der Waals surface area contributed by atoms with Gasteiger partial charge in [0.2, 0.25) is 0 Å². The van der Waals surface area contributed by atoms with Crippen LogP contribution in [0, 0.1) is 0 Å². The Morgan fingerprint density at radius 3 is 1.10 bits per heavy atom. The van der Waals surface area contributed by atoms with Gasteiger partial charge in [0.15, 0.2) is 0 Å². The molecule has 0 N–H and O–H groups in total. The van der Waals surface area contributed by atoms with Crippen molar-refractivity contribution < 1.29 is 28.5 Å². The van der Waals surface area contributed by atoms with E-state index in [9.17, 15) is 9.59 Å². The minimum atomic E-state index is -0.807. The van der Waals surface area contributed by atoms with Crippen molar-refractivity contribution in [1.29, 1.82) is 0 Å². The highest BCUT2D eigenvalue weighted by atomic mass is 16.7. The highest BCUT2D eigenvalue weighted by Crippen LogP contribution is 2.34. The fraction of sp³-hybridized carbons (Fsp3) is 0.212.